The van der Waals surface area contributed by atoms with Gasteiger partial charge in [-0.2, -0.15) is 0 Å². The Bertz CT molecular complexity index is 513. The van der Waals surface area contributed by atoms with Crippen LogP contribution >= 0.6 is 15.9 Å². The molecule has 0 radical (unpaired) electrons. The van der Waals surface area contributed by atoms with Crippen molar-refractivity contribution in [2.75, 3.05) is 25.0 Å². The highest BCUT2D eigenvalue weighted by atomic mass is 79.9. The number of nitrogens with zero attached hydrogens (tertiary/aromatic N) is 1. The van der Waals surface area contributed by atoms with Gasteiger partial charge in [0.25, 0.3) is 0 Å². The molecule has 0 spiro atoms. The molecule has 0 bridgehead atoms. The number of carbonyl (C=O) groups is 2. The molecular formula is C15H19BrN2O3. The van der Waals surface area contributed by atoms with Crippen molar-refractivity contribution in [1.29, 1.82) is 0 Å². The van der Waals surface area contributed by atoms with E-state index in [0.717, 1.165) is 10.2 Å². The van der Waals surface area contributed by atoms with Crippen LogP contribution in [0.5, 0.6) is 0 Å². The summed E-state index contributed by atoms with van der Waals surface area (Å²) in [6, 6.07) is 7.51. The van der Waals surface area contributed by atoms with Crippen LogP contribution in [0.2, 0.25) is 0 Å². The summed E-state index contributed by atoms with van der Waals surface area (Å²) >= 11 is 3.38. The van der Waals surface area contributed by atoms with Crippen LogP contribution < -0.4 is 5.32 Å². The van der Waals surface area contributed by atoms with Crippen molar-refractivity contribution >= 4 is 33.6 Å². The molecule has 0 atom stereocenters. The van der Waals surface area contributed by atoms with Crippen molar-refractivity contribution < 1.29 is 14.3 Å². The van der Waals surface area contributed by atoms with Crippen LogP contribution in [0.15, 0.2) is 28.7 Å². The van der Waals surface area contributed by atoms with Gasteiger partial charge in [-0.15, -0.1) is 0 Å². The van der Waals surface area contributed by atoms with Crippen molar-refractivity contribution in [3.8, 4) is 0 Å². The number of benzene rings is 1. The van der Waals surface area contributed by atoms with E-state index in [2.05, 4.69) is 21.2 Å². The number of amides is 2. The van der Waals surface area contributed by atoms with Gasteiger partial charge in [0.15, 0.2) is 0 Å². The zero-order chi connectivity index (χ0) is 15.2. The summed E-state index contributed by atoms with van der Waals surface area (Å²) in [5, 5.41) is 2.92. The van der Waals surface area contributed by atoms with E-state index in [1.165, 1.54) is 0 Å². The van der Waals surface area contributed by atoms with Crippen LogP contribution in [0.4, 0.5) is 10.5 Å². The molecule has 21 heavy (non-hydrogen) atoms. The van der Waals surface area contributed by atoms with Gasteiger partial charge in [-0.05, 0) is 38.0 Å². The van der Waals surface area contributed by atoms with Crippen molar-refractivity contribution in [2.45, 2.75) is 19.8 Å². The zero-order valence-corrected chi connectivity index (χ0v) is 13.6. The average Bonchev–Trinajstić information content (AvgIpc) is 2.47. The molecule has 1 aliphatic rings. The molecule has 114 valence electrons. The zero-order valence-electron chi connectivity index (χ0n) is 12.0. The van der Waals surface area contributed by atoms with Crippen molar-refractivity contribution in [3.05, 3.63) is 28.7 Å². The molecule has 1 saturated heterocycles. The number of halogens is 1. The molecular weight excluding hydrogens is 336 g/mol. The second-order valence-corrected chi connectivity index (χ2v) is 5.88. The molecule has 0 saturated carbocycles. The van der Waals surface area contributed by atoms with Crippen LogP contribution in [0, 0.1) is 5.92 Å². The molecule has 5 nitrogen and oxygen atoms in total. The summed E-state index contributed by atoms with van der Waals surface area (Å²) in [5.41, 5.74) is 0.780. The van der Waals surface area contributed by atoms with Gasteiger partial charge in [0, 0.05) is 29.2 Å². The van der Waals surface area contributed by atoms with Gasteiger partial charge in [0.1, 0.15) is 0 Å². The standard InChI is InChI=1S/C15H19BrN2O3/c1-2-21-15(20)18-8-6-11(7-9-18)14(19)17-13-5-3-4-12(16)10-13/h3-5,10-11H,2,6-9H2,1H3,(H,17,19). The maximum Gasteiger partial charge on any atom is 0.409 e. The third kappa shape index (κ3) is 4.46. The van der Waals surface area contributed by atoms with Gasteiger partial charge in [-0.1, -0.05) is 22.0 Å². The number of likely N-dealkylation sites (tertiary alicyclic amines) is 1. The van der Waals surface area contributed by atoms with Gasteiger partial charge in [-0.25, -0.2) is 4.79 Å². The summed E-state index contributed by atoms with van der Waals surface area (Å²) in [5.74, 6) is -0.0498. The first-order valence-electron chi connectivity index (χ1n) is 7.08. The highest BCUT2D eigenvalue weighted by Gasteiger charge is 2.27. The molecule has 1 aliphatic heterocycles. The van der Waals surface area contributed by atoms with Crippen LogP contribution in [-0.4, -0.2) is 36.6 Å². The Balaban J connectivity index is 1.84. The normalized spacial score (nSPS) is 15.6. The van der Waals surface area contributed by atoms with E-state index in [0.29, 0.717) is 32.5 Å². The number of hydrogen-bond donors (Lipinski definition) is 1. The molecule has 2 amide bonds. The van der Waals surface area contributed by atoms with Crippen molar-refractivity contribution in [3.63, 3.8) is 0 Å². The molecule has 1 fully saturated rings. The first-order valence-corrected chi connectivity index (χ1v) is 7.87. The molecule has 1 aromatic rings. The second-order valence-electron chi connectivity index (χ2n) is 4.96. The second kappa shape index (κ2) is 7.45. The summed E-state index contributed by atoms with van der Waals surface area (Å²) in [6.07, 6.45) is 1.04. The maximum absolute atomic E-state index is 12.2. The lowest BCUT2D eigenvalue weighted by atomic mass is 9.96. The lowest BCUT2D eigenvalue weighted by Crippen LogP contribution is -2.41. The fourth-order valence-electron chi connectivity index (χ4n) is 2.35. The monoisotopic (exact) mass is 354 g/mol. The van der Waals surface area contributed by atoms with Gasteiger partial charge in [-0.3, -0.25) is 4.79 Å². The van der Waals surface area contributed by atoms with E-state index in [4.69, 9.17) is 4.74 Å². The number of carbonyl (C=O) groups excluding carboxylic acids is 2. The fraction of sp³-hybridized carbons (Fsp3) is 0.467. The highest BCUT2D eigenvalue weighted by Crippen LogP contribution is 2.21. The van der Waals surface area contributed by atoms with E-state index in [1.807, 2.05) is 24.3 Å². The summed E-state index contributed by atoms with van der Waals surface area (Å²) in [4.78, 5) is 25.5. The molecule has 0 aromatic heterocycles. The largest absolute Gasteiger partial charge is 0.450 e. The topological polar surface area (TPSA) is 58.6 Å². The predicted molar refractivity (Wildman–Crippen MR) is 84.1 cm³/mol. The van der Waals surface area contributed by atoms with E-state index in [-0.39, 0.29) is 17.9 Å². The summed E-state index contributed by atoms with van der Waals surface area (Å²) < 4.78 is 5.90. The van der Waals surface area contributed by atoms with Crippen LogP contribution in [0.3, 0.4) is 0 Å². The van der Waals surface area contributed by atoms with E-state index in [9.17, 15) is 9.59 Å². The molecule has 6 heteroatoms. The van der Waals surface area contributed by atoms with E-state index in [1.54, 1.807) is 11.8 Å². The first kappa shape index (κ1) is 15.8. The van der Waals surface area contributed by atoms with Gasteiger partial charge in [0.05, 0.1) is 6.61 Å². The molecule has 1 aromatic carbocycles. The summed E-state index contributed by atoms with van der Waals surface area (Å²) in [7, 11) is 0. The highest BCUT2D eigenvalue weighted by molar-refractivity contribution is 9.10. The Morgan fingerprint density at radius 2 is 2.10 bits per heavy atom. The molecule has 0 aliphatic carbocycles. The fourth-order valence-corrected chi connectivity index (χ4v) is 2.75. The average molecular weight is 355 g/mol. The van der Waals surface area contributed by atoms with E-state index >= 15 is 0 Å². The first-order chi connectivity index (χ1) is 10.1. The summed E-state index contributed by atoms with van der Waals surface area (Å²) in [6.45, 7) is 3.29. The number of piperidine rings is 1. The van der Waals surface area contributed by atoms with Gasteiger partial charge in [0.2, 0.25) is 5.91 Å². The number of ether oxygens (including phenoxy) is 1. The quantitative estimate of drug-likeness (QED) is 0.906. The van der Waals surface area contributed by atoms with Crippen molar-refractivity contribution in [2.24, 2.45) is 5.92 Å². The van der Waals surface area contributed by atoms with Gasteiger partial charge < -0.3 is 15.0 Å². The van der Waals surface area contributed by atoms with Gasteiger partial charge >= 0.3 is 6.09 Å². The van der Waals surface area contributed by atoms with Crippen LogP contribution in [0.25, 0.3) is 0 Å². The molecule has 2 rings (SSSR count). The number of hydrogen-bond acceptors (Lipinski definition) is 3. The minimum absolute atomic E-state index is 0.0107. The number of nitrogens with one attached hydrogen (secondary N) is 1. The Morgan fingerprint density at radius 3 is 2.71 bits per heavy atom. The number of anilines is 1. The van der Waals surface area contributed by atoms with Crippen LogP contribution in [-0.2, 0) is 9.53 Å². The Hall–Kier alpha value is -1.56. The predicted octanol–water partition coefficient (Wildman–Crippen LogP) is 3.26. The Labute approximate surface area is 132 Å². The maximum atomic E-state index is 12.2. The molecule has 1 heterocycles. The SMILES string of the molecule is CCOC(=O)N1CCC(C(=O)Nc2cccc(Br)c2)CC1. The Kier molecular flexibility index (Phi) is 5.61. The molecule has 1 N–H and O–H groups in total. The third-order valence-corrected chi connectivity index (χ3v) is 3.98. The smallest absolute Gasteiger partial charge is 0.409 e. The molecule has 0 unspecified atom stereocenters. The third-order valence-electron chi connectivity index (χ3n) is 3.48. The van der Waals surface area contributed by atoms with Crippen LogP contribution in [0.1, 0.15) is 19.8 Å². The lowest BCUT2D eigenvalue weighted by Gasteiger charge is -2.30. The minimum atomic E-state index is -0.289. The Morgan fingerprint density at radius 1 is 1.38 bits per heavy atom. The van der Waals surface area contributed by atoms with E-state index < -0.39 is 0 Å². The number of rotatable bonds is 3. The minimum Gasteiger partial charge on any atom is -0.450 e. The van der Waals surface area contributed by atoms with Crippen molar-refractivity contribution in [1.82, 2.24) is 4.90 Å². The lowest BCUT2D eigenvalue weighted by molar-refractivity contribution is -0.121.